The van der Waals surface area contributed by atoms with Crippen LogP contribution in [0.15, 0.2) is 12.3 Å². The van der Waals surface area contributed by atoms with Gasteiger partial charge in [-0.05, 0) is 28.9 Å². The third-order valence-corrected chi connectivity index (χ3v) is 3.66. The van der Waals surface area contributed by atoms with Crippen LogP contribution in [0.1, 0.15) is 19.5 Å². The molecule has 1 aromatic heterocycles. The van der Waals surface area contributed by atoms with Crippen molar-refractivity contribution < 1.29 is 0 Å². The van der Waals surface area contributed by atoms with Gasteiger partial charge in [0.25, 0.3) is 0 Å². The summed E-state index contributed by atoms with van der Waals surface area (Å²) in [4.78, 5) is 0. The summed E-state index contributed by atoms with van der Waals surface area (Å²) in [5, 5.41) is 4.15. The lowest BCUT2D eigenvalue weighted by Crippen LogP contribution is -2.28. The first kappa shape index (κ1) is 10.1. The number of nitrogens with zero attached hydrogens (tertiary/aromatic N) is 2. The quantitative estimate of drug-likeness (QED) is 0.739. The molecule has 0 bridgehead atoms. The smallest absolute Gasteiger partial charge is 0.192 e. The van der Waals surface area contributed by atoms with Crippen LogP contribution in [0.4, 0.5) is 0 Å². The Hall–Kier alpha value is -0.0200. The van der Waals surface area contributed by atoms with Gasteiger partial charge in [-0.1, -0.05) is 25.4 Å². The molecular formula is C8H12BrClN2. The maximum absolute atomic E-state index is 6.26. The molecule has 0 aromatic carbocycles. The molecular weight excluding hydrogens is 239 g/mol. The first-order chi connectivity index (χ1) is 5.46. The maximum Gasteiger partial charge on any atom is 0.192 e. The van der Waals surface area contributed by atoms with E-state index in [9.17, 15) is 0 Å². The predicted octanol–water partition coefficient (Wildman–Crippen LogP) is 3.09. The average Bonchev–Trinajstić information content (AvgIpc) is 2.35. The molecule has 12 heavy (non-hydrogen) atoms. The van der Waals surface area contributed by atoms with Crippen LogP contribution in [0.25, 0.3) is 0 Å². The molecule has 68 valence electrons. The van der Waals surface area contributed by atoms with Crippen molar-refractivity contribution in [3.63, 3.8) is 0 Å². The normalized spacial score (nSPS) is 16.5. The molecule has 0 aliphatic heterocycles. The second kappa shape index (κ2) is 3.38. The highest BCUT2D eigenvalue weighted by Gasteiger charge is 2.31. The van der Waals surface area contributed by atoms with Crippen LogP contribution in [0.3, 0.4) is 0 Å². The molecule has 0 aliphatic carbocycles. The van der Waals surface area contributed by atoms with Gasteiger partial charge in [0.05, 0.1) is 0 Å². The summed E-state index contributed by atoms with van der Waals surface area (Å²) >= 11 is 9.71. The molecule has 1 unspecified atom stereocenters. The van der Waals surface area contributed by atoms with E-state index in [2.05, 4.69) is 21.0 Å². The van der Waals surface area contributed by atoms with E-state index in [0.717, 1.165) is 5.69 Å². The fraction of sp³-hybridized carbons (Fsp3) is 0.625. The zero-order valence-electron chi connectivity index (χ0n) is 7.38. The minimum atomic E-state index is -0.597. The Morgan fingerprint density at radius 3 is 2.58 bits per heavy atom. The van der Waals surface area contributed by atoms with Gasteiger partial charge in [0, 0.05) is 17.8 Å². The molecule has 1 aromatic rings. The first-order valence-corrected chi connectivity index (χ1v) is 5.02. The lowest BCUT2D eigenvalue weighted by molar-refractivity contribution is 0.417. The molecule has 0 radical (unpaired) electrons. The summed E-state index contributed by atoms with van der Waals surface area (Å²) in [5.74, 6) is 0.276. The van der Waals surface area contributed by atoms with Gasteiger partial charge < -0.3 is 0 Å². The standard InChI is InChI=1S/C8H12BrClN2/c1-6(2)8(9,10)12-7(3)4-5-11-12/h4-6H,1-3H3. The monoisotopic (exact) mass is 250 g/mol. The van der Waals surface area contributed by atoms with Gasteiger partial charge in [-0.3, -0.25) is 0 Å². The van der Waals surface area contributed by atoms with E-state index in [0.29, 0.717) is 0 Å². The molecule has 0 spiro atoms. The van der Waals surface area contributed by atoms with Crippen molar-refractivity contribution in [2.45, 2.75) is 24.7 Å². The van der Waals surface area contributed by atoms with Gasteiger partial charge in [-0.25, -0.2) is 4.68 Å². The summed E-state index contributed by atoms with van der Waals surface area (Å²) in [6.07, 6.45) is 1.75. The van der Waals surface area contributed by atoms with E-state index in [1.807, 2.05) is 26.8 Å². The van der Waals surface area contributed by atoms with Crippen molar-refractivity contribution in [2.24, 2.45) is 5.92 Å². The third kappa shape index (κ3) is 1.67. The van der Waals surface area contributed by atoms with Crippen molar-refractivity contribution >= 4 is 27.5 Å². The van der Waals surface area contributed by atoms with Gasteiger partial charge in [-0.2, -0.15) is 5.10 Å². The van der Waals surface area contributed by atoms with Gasteiger partial charge >= 0.3 is 0 Å². The minimum absolute atomic E-state index is 0.276. The topological polar surface area (TPSA) is 17.8 Å². The Morgan fingerprint density at radius 1 is 1.67 bits per heavy atom. The number of rotatable bonds is 2. The van der Waals surface area contributed by atoms with E-state index in [1.54, 1.807) is 10.9 Å². The van der Waals surface area contributed by atoms with Gasteiger partial charge in [0.2, 0.25) is 0 Å². The number of hydrogen-bond acceptors (Lipinski definition) is 1. The lowest BCUT2D eigenvalue weighted by atomic mass is 10.2. The van der Waals surface area contributed by atoms with Crippen LogP contribution >= 0.6 is 27.5 Å². The zero-order chi connectivity index (χ0) is 9.35. The Bertz CT molecular complexity index is 268. The lowest BCUT2D eigenvalue weighted by Gasteiger charge is -2.26. The Kier molecular flexibility index (Phi) is 2.84. The second-order valence-electron chi connectivity index (χ2n) is 3.13. The number of hydrogen-bond donors (Lipinski definition) is 0. The molecule has 0 saturated carbocycles. The number of aromatic nitrogens is 2. The van der Waals surface area contributed by atoms with Crippen LogP contribution in [0.2, 0.25) is 0 Å². The average molecular weight is 252 g/mol. The largest absolute Gasteiger partial charge is 0.238 e. The molecule has 4 heteroatoms. The van der Waals surface area contributed by atoms with E-state index in [1.165, 1.54) is 0 Å². The zero-order valence-corrected chi connectivity index (χ0v) is 9.72. The number of alkyl halides is 2. The molecule has 2 nitrogen and oxygen atoms in total. The van der Waals surface area contributed by atoms with Gasteiger partial charge in [0.1, 0.15) is 0 Å². The van der Waals surface area contributed by atoms with Crippen molar-refractivity contribution in [2.75, 3.05) is 0 Å². The fourth-order valence-electron chi connectivity index (χ4n) is 0.926. The van der Waals surface area contributed by atoms with Gasteiger partial charge in [0.15, 0.2) is 3.91 Å². The number of aryl methyl sites for hydroxylation is 1. The van der Waals surface area contributed by atoms with Crippen LogP contribution in [-0.4, -0.2) is 9.78 Å². The fourth-order valence-corrected chi connectivity index (χ4v) is 1.47. The van der Waals surface area contributed by atoms with Crippen molar-refractivity contribution in [3.05, 3.63) is 18.0 Å². The first-order valence-electron chi connectivity index (χ1n) is 3.85. The Morgan fingerprint density at radius 2 is 2.25 bits per heavy atom. The second-order valence-corrected chi connectivity index (χ2v) is 5.37. The minimum Gasteiger partial charge on any atom is -0.238 e. The Balaban J connectivity index is 3.05. The molecule has 0 amide bonds. The summed E-state index contributed by atoms with van der Waals surface area (Å²) < 4.78 is 1.18. The number of halogens is 2. The highest BCUT2D eigenvalue weighted by atomic mass is 79.9. The van der Waals surface area contributed by atoms with Crippen LogP contribution in [0, 0.1) is 12.8 Å². The van der Waals surface area contributed by atoms with Gasteiger partial charge in [-0.15, -0.1) is 0 Å². The summed E-state index contributed by atoms with van der Waals surface area (Å²) in [6, 6.07) is 1.93. The predicted molar refractivity (Wildman–Crippen MR) is 54.6 cm³/mol. The molecule has 0 aliphatic rings. The van der Waals surface area contributed by atoms with Crippen molar-refractivity contribution in [1.29, 1.82) is 0 Å². The summed E-state index contributed by atoms with van der Waals surface area (Å²) in [7, 11) is 0. The van der Waals surface area contributed by atoms with Crippen LogP contribution < -0.4 is 0 Å². The van der Waals surface area contributed by atoms with E-state index < -0.39 is 3.91 Å². The highest BCUT2D eigenvalue weighted by molar-refractivity contribution is 9.10. The molecule has 1 atom stereocenters. The maximum atomic E-state index is 6.26. The Labute approximate surface area is 86.0 Å². The molecule has 0 fully saturated rings. The van der Waals surface area contributed by atoms with Crippen LogP contribution in [0.5, 0.6) is 0 Å². The van der Waals surface area contributed by atoms with Crippen molar-refractivity contribution in [3.8, 4) is 0 Å². The van der Waals surface area contributed by atoms with E-state index in [-0.39, 0.29) is 5.92 Å². The molecule has 1 rings (SSSR count). The molecule has 0 N–H and O–H groups in total. The molecule has 0 saturated heterocycles. The SMILES string of the molecule is Cc1ccnn1C(Cl)(Br)C(C)C. The molecule has 1 heterocycles. The summed E-state index contributed by atoms with van der Waals surface area (Å²) in [5.41, 5.74) is 1.05. The van der Waals surface area contributed by atoms with Crippen LogP contribution in [-0.2, 0) is 3.91 Å². The summed E-state index contributed by atoms with van der Waals surface area (Å²) in [6.45, 7) is 6.07. The highest BCUT2D eigenvalue weighted by Crippen LogP contribution is 2.37. The third-order valence-electron chi connectivity index (χ3n) is 1.81. The van der Waals surface area contributed by atoms with E-state index in [4.69, 9.17) is 11.6 Å². The van der Waals surface area contributed by atoms with Crippen molar-refractivity contribution in [1.82, 2.24) is 9.78 Å². The van der Waals surface area contributed by atoms with E-state index >= 15 is 0 Å².